The SMILES string of the molecule is Cc1nccc(-c2cccc(N3CCC(NC(C)Cn4cncn4)CC3)c2)n1. The fraction of sp³-hybridized carbons (Fsp3) is 0.429. The summed E-state index contributed by atoms with van der Waals surface area (Å²) in [6, 6.07) is 11.6. The van der Waals surface area contributed by atoms with Gasteiger partial charge in [0.2, 0.25) is 0 Å². The number of nitrogens with one attached hydrogen (secondary N) is 1. The maximum Gasteiger partial charge on any atom is 0.137 e. The standard InChI is InChI=1S/C21H27N7/c1-16(13-28-15-22-14-24-28)25-19-7-10-27(11-8-19)20-5-3-4-18(12-20)21-6-9-23-17(2)26-21/h3-6,9,12,14-16,19,25H,7-8,10-11,13H2,1-2H3. The van der Waals surface area contributed by atoms with Crippen molar-refractivity contribution in [3.63, 3.8) is 0 Å². The third kappa shape index (κ3) is 4.54. The minimum atomic E-state index is 0.377. The van der Waals surface area contributed by atoms with E-state index < -0.39 is 0 Å². The van der Waals surface area contributed by atoms with Gasteiger partial charge in [0.05, 0.1) is 12.2 Å². The second-order valence-corrected chi connectivity index (χ2v) is 7.49. The summed E-state index contributed by atoms with van der Waals surface area (Å²) in [7, 11) is 0. The highest BCUT2D eigenvalue weighted by Crippen LogP contribution is 2.25. The minimum absolute atomic E-state index is 0.377. The molecule has 1 unspecified atom stereocenters. The molecule has 7 nitrogen and oxygen atoms in total. The number of benzene rings is 1. The summed E-state index contributed by atoms with van der Waals surface area (Å²) in [4.78, 5) is 15.2. The largest absolute Gasteiger partial charge is 0.371 e. The van der Waals surface area contributed by atoms with Crippen molar-refractivity contribution in [2.24, 2.45) is 0 Å². The monoisotopic (exact) mass is 377 g/mol. The van der Waals surface area contributed by atoms with E-state index in [1.54, 1.807) is 12.7 Å². The number of aryl methyl sites for hydroxylation is 1. The lowest BCUT2D eigenvalue weighted by Gasteiger charge is -2.35. The van der Waals surface area contributed by atoms with Crippen LogP contribution in [0.15, 0.2) is 49.2 Å². The third-order valence-corrected chi connectivity index (χ3v) is 5.23. The van der Waals surface area contributed by atoms with E-state index in [9.17, 15) is 0 Å². The topological polar surface area (TPSA) is 71.8 Å². The molecular formula is C21H27N7. The van der Waals surface area contributed by atoms with Crippen molar-refractivity contribution in [3.8, 4) is 11.3 Å². The molecule has 146 valence electrons. The quantitative estimate of drug-likeness (QED) is 0.712. The molecule has 0 radical (unpaired) electrons. The van der Waals surface area contributed by atoms with Crippen molar-refractivity contribution in [1.29, 1.82) is 0 Å². The Kier molecular flexibility index (Phi) is 5.62. The zero-order valence-electron chi connectivity index (χ0n) is 16.5. The van der Waals surface area contributed by atoms with Crippen LogP contribution in [0.2, 0.25) is 0 Å². The molecule has 0 bridgehead atoms. The summed E-state index contributed by atoms with van der Waals surface area (Å²) >= 11 is 0. The molecule has 1 fully saturated rings. The van der Waals surface area contributed by atoms with Crippen LogP contribution in [0.5, 0.6) is 0 Å². The number of hydrogen-bond donors (Lipinski definition) is 1. The number of aromatic nitrogens is 5. The molecule has 0 saturated carbocycles. The molecule has 28 heavy (non-hydrogen) atoms. The maximum absolute atomic E-state index is 4.55. The summed E-state index contributed by atoms with van der Waals surface area (Å²) in [5.41, 5.74) is 3.39. The zero-order valence-corrected chi connectivity index (χ0v) is 16.5. The Morgan fingerprint density at radius 3 is 2.82 bits per heavy atom. The van der Waals surface area contributed by atoms with Crippen LogP contribution in [0.3, 0.4) is 0 Å². The minimum Gasteiger partial charge on any atom is -0.371 e. The average molecular weight is 377 g/mol. The fourth-order valence-corrected chi connectivity index (χ4v) is 3.85. The van der Waals surface area contributed by atoms with Crippen LogP contribution in [0.25, 0.3) is 11.3 Å². The van der Waals surface area contributed by atoms with Crippen molar-refractivity contribution in [2.45, 2.75) is 45.3 Å². The van der Waals surface area contributed by atoms with E-state index in [2.05, 4.69) is 61.5 Å². The predicted molar refractivity (Wildman–Crippen MR) is 110 cm³/mol. The Balaban J connectivity index is 1.34. The van der Waals surface area contributed by atoms with Crippen molar-refractivity contribution < 1.29 is 0 Å². The molecule has 1 saturated heterocycles. The molecule has 4 rings (SSSR count). The van der Waals surface area contributed by atoms with E-state index in [4.69, 9.17) is 0 Å². The second-order valence-electron chi connectivity index (χ2n) is 7.49. The first-order chi connectivity index (χ1) is 13.7. The van der Waals surface area contributed by atoms with E-state index in [-0.39, 0.29) is 0 Å². The molecular weight excluding hydrogens is 350 g/mol. The molecule has 1 N–H and O–H groups in total. The molecule has 1 aliphatic heterocycles. The molecule has 0 amide bonds. The van der Waals surface area contributed by atoms with Gasteiger partial charge < -0.3 is 10.2 Å². The lowest BCUT2D eigenvalue weighted by atomic mass is 10.0. The van der Waals surface area contributed by atoms with E-state index >= 15 is 0 Å². The lowest BCUT2D eigenvalue weighted by Crippen LogP contribution is -2.46. The number of rotatable bonds is 6. The van der Waals surface area contributed by atoms with Crippen LogP contribution < -0.4 is 10.2 Å². The van der Waals surface area contributed by atoms with Gasteiger partial charge in [-0.1, -0.05) is 12.1 Å². The Morgan fingerprint density at radius 1 is 1.21 bits per heavy atom. The summed E-state index contributed by atoms with van der Waals surface area (Å²) in [6.45, 7) is 7.09. The first kappa shape index (κ1) is 18.6. The highest BCUT2D eigenvalue weighted by molar-refractivity contribution is 5.65. The molecule has 1 atom stereocenters. The molecule has 0 spiro atoms. The molecule has 3 heterocycles. The lowest BCUT2D eigenvalue weighted by molar-refractivity contribution is 0.348. The Morgan fingerprint density at radius 2 is 2.07 bits per heavy atom. The second kappa shape index (κ2) is 8.48. The van der Waals surface area contributed by atoms with Crippen molar-refractivity contribution in [1.82, 2.24) is 30.0 Å². The first-order valence-electron chi connectivity index (χ1n) is 9.91. The molecule has 0 aliphatic carbocycles. The van der Waals surface area contributed by atoms with Crippen LogP contribution in [-0.4, -0.2) is 49.9 Å². The fourth-order valence-electron chi connectivity index (χ4n) is 3.85. The Hall–Kier alpha value is -2.80. The van der Waals surface area contributed by atoms with Gasteiger partial charge in [-0.25, -0.2) is 15.0 Å². The normalized spacial score (nSPS) is 16.3. The molecule has 7 heteroatoms. The number of piperidine rings is 1. The van der Waals surface area contributed by atoms with E-state index in [1.165, 1.54) is 5.69 Å². The van der Waals surface area contributed by atoms with Crippen LogP contribution in [0.4, 0.5) is 5.69 Å². The van der Waals surface area contributed by atoms with Gasteiger partial charge in [0.15, 0.2) is 0 Å². The number of nitrogens with zero attached hydrogens (tertiary/aromatic N) is 6. The van der Waals surface area contributed by atoms with Crippen LogP contribution >= 0.6 is 0 Å². The highest BCUT2D eigenvalue weighted by Gasteiger charge is 2.21. The smallest absolute Gasteiger partial charge is 0.137 e. The van der Waals surface area contributed by atoms with Crippen LogP contribution in [0.1, 0.15) is 25.6 Å². The summed E-state index contributed by atoms with van der Waals surface area (Å²) in [5.74, 6) is 0.801. The molecule has 1 aliphatic rings. The van der Waals surface area contributed by atoms with Gasteiger partial charge in [0.1, 0.15) is 18.5 Å². The molecule has 2 aromatic heterocycles. The molecule has 3 aromatic rings. The maximum atomic E-state index is 4.55. The Bertz CT molecular complexity index is 885. The number of hydrogen-bond acceptors (Lipinski definition) is 6. The van der Waals surface area contributed by atoms with Crippen LogP contribution in [-0.2, 0) is 6.54 Å². The summed E-state index contributed by atoms with van der Waals surface area (Å²) in [6.07, 6.45) is 7.45. The van der Waals surface area contributed by atoms with Gasteiger partial charge in [0, 0.05) is 42.6 Å². The first-order valence-corrected chi connectivity index (χ1v) is 9.91. The van der Waals surface area contributed by atoms with Crippen molar-refractivity contribution in [3.05, 3.63) is 55.0 Å². The predicted octanol–water partition coefficient (Wildman–Crippen LogP) is 2.69. The Labute approximate surface area is 165 Å². The van der Waals surface area contributed by atoms with Gasteiger partial charge in [-0.3, -0.25) is 4.68 Å². The van der Waals surface area contributed by atoms with Gasteiger partial charge in [0.25, 0.3) is 0 Å². The van der Waals surface area contributed by atoms with E-state index in [0.717, 1.165) is 49.6 Å². The van der Waals surface area contributed by atoms with Gasteiger partial charge >= 0.3 is 0 Å². The van der Waals surface area contributed by atoms with Gasteiger partial charge in [-0.05, 0) is 44.9 Å². The average Bonchev–Trinajstić information content (AvgIpc) is 3.21. The zero-order chi connectivity index (χ0) is 19.3. The van der Waals surface area contributed by atoms with Crippen LogP contribution in [0, 0.1) is 6.92 Å². The van der Waals surface area contributed by atoms with E-state index in [1.807, 2.05) is 23.9 Å². The third-order valence-electron chi connectivity index (χ3n) is 5.23. The summed E-state index contributed by atoms with van der Waals surface area (Å²) in [5, 5.41) is 7.93. The molecule has 1 aromatic carbocycles. The van der Waals surface area contributed by atoms with Crippen molar-refractivity contribution in [2.75, 3.05) is 18.0 Å². The number of anilines is 1. The highest BCUT2D eigenvalue weighted by atomic mass is 15.3. The van der Waals surface area contributed by atoms with E-state index in [0.29, 0.717) is 12.1 Å². The summed E-state index contributed by atoms with van der Waals surface area (Å²) < 4.78 is 1.88. The van der Waals surface area contributed by atoms with Crippen molar-refractivity contribution >= 4 is 5.69 Å². The van der Waals surface area contributed by atoms with Gasteiger partial charge in [-0.2, -0.15) is 5.10 Å². The van der Waals surface area contributed by atoms with Gasteiger partial charge in [-0.15, -0.1) is 0 Å².